The average molecular weight is 499 g/mol. The lowest BCUT2D eigenvalue weighted by molar-refractivity contribution is 0.143. The van der Waals surface area contributed by atoms with Gasteiger partial charge in [0.1, 0.15) is 0 Å². The lowest BCUT2D eigenvalue weighted by atomic mass is 9.97. The van der Waals surface area contributed by atoms with Gasteiger partial charge in [0.05, 0.1) is 12.6 Å². The molecule has 1 atom stereocenters. The zero-order valence-electron chi connectivity index (χ0n) is 15.9. The summed E-state index contributed by atoms with van der Waals surface area (Å²) in [7, 11) is 0. The Balaban J connectivity index is 0.00000261. The first-order valence-electron chi connectivity index (χ1n) is 9.43. The number of halogens is 1. The highest BCUT2D eigenvalue weighted by atomic mass is 127. The predicted octanol–water partition coefficient (Wildman–Crippen LogP) is 3.68. The fraction of sp³-hybridized carbons (Fsp3) is 0.500. The van der Waals surface area contributed by atoms with Crippen LogP contribution in [0, 0.1) is 5.92 Å². The molecule has 2 aromatic heterocycles. The SMILES string of the molecule is CC1CCN(C(CN=C(N)NCCc2ccccn2)c2cccs2)CC1.I. The number of aliphatic imine (C=N–C) groups is 1. The Bertz CT molecular complexity index is 669. The fourth-order valence-electron chi connectivity index (χ4n) is 3.31. The van der Waals surface area contributed by atoms with Crippen LogP contribution in [-0.2, 0) is 6.42 Å². The fourth-order valence-corrected chi connectivity index (χ4v) is 4.16. The van der Waals surface area contributed by atoms with Gasteiger partial charge in [-0.15, -0.1) is 35.3 Å². The van der Waals surface area contributed by atoms with Gasteiger partial charge in [-0.3, -0.25) is 14.9 Å². The van der Waals surface area contributed by atoms with Crippen molar-refractivity contribution in [1.29, 1.82) is 0 Å². The number of rotatable bonds is 7. The van der Waals surface area contributed by atoms with E-state index in [1.165, 1.54) is 17.7 Å². The van der Waals surface area contributed by atoms with Crippen LogP contribution in [0.15, 0.2) is 46.9 Å². The van der Waals surface area contributed by atoms with Crippen LogP contribution in [0.3, 0.4) is 0 Å². The van der Waals surface area contributed by atoms with E-state index < -0.39 is 0 Å². The van der Waals surface area contributed by atoms with Crippen LogP contribution in [0.2, 0.25) is 0 Å². The Kier molecular flexibility index (Phi) is 9.50. The second kappa shape index (κ2) is 11.6. The van der Waals surface area contributed by atoms with Crippen molar-refractivity contribution in [2.24, 2.45) is 16.6 Å². The van der Waals surface area contributed by atoms with Gasteiger partial charge in [-0.25, -0.2) is 0 Å². The van der Waals surface area contributed by atoms with Gasteiger partial charge < -0.3 is 11.1 Å². The minimum atomic E-state index is 0. The number of thiophene rings is 1. The minimum Gasteiger partial charge on any atom is -0.370 e. The maximum absolute atomic E-state index is 6.09. The van der Waals surface area contributed by atoms with E-state index in [9.17, 15) is 0 Å². The highest BCUT2D eigenvalue weighted by Gasteiger charge is 2.25. The lowest BCUT2D eigenvalue weighted by Crippen LogP contribution is -2.38. The molecular formula is C20H30IN5S. The van der Waals surface area contributed by atoms with Gasteiger partial charge >= 0.3 is 0 Å². The quantitative estimate of drug-likeness (QED) is 0.347. The van der Waals surface area contributed by atoms with Crippen LogP contribution in [0.5, 0.6) is 0 Å². The third-order valence-corrected chi connectivity index (χ3v) is 5.95. The molecule has 0 amide bonds. The molecule has 0 bridgehead atoms. The number of nitrogens with two attached hydrogens (primary N) is 1. The standard InChI is InChI=1S/C20H29N5S.HI/c1-16-8-12-25(13-9-16)18(19-6-4-14-26-19)15-24-20(21)23-11-7-17-5-2-3-10-22-17;/h2-6,10,14,16,18H,7-9,11-13,15H2,1H3,(H3,21,23,24);1H. The number of guanidine groups is 1. The van der Waals surface area contributed by atoms with Crippen LogP contribution in [0.1, 0.15) is 36.4 Å². The van der Waals surface area contributed by atoms with Crippen molar-refractivity contribution in [3.63, 3.8) is 0 Å². The molecule has 1 aliphatic heterocycles. The number of pyridine rings is 1. The molecule has 1 fully saturated rings. The van der Waals surface area contributed by atoms with Gasteiger partial charge in [0.15, 0.2) is 5.96 Å². The molecule has 3 N–H and O–H groups in total. The Labute approximate surface area is 183 Å². The van der Waals surface area contributed by atoms with Gasteiger partial charge in [0.25, 0.3) is 0 Å². The van der Waals surface area contributed by atoms with E-state index in [1.54, 1.807) is 0 Å². The number of aromatic nitrogens is 1. The first-order chi connectivity index (χ1) is 12.7. The van der Waals surface area contributed by atoms with Gasteiger partial charge in [-0.05, 0) is 55.4 Å². The van der Waals surface area contributed by atoms with Crippen molar-refractivity contribution in [1.82, 2.24) is 15.2 Å². The third-order valence-electron chi connectivity index (χ3n) is 4.98. The summed E-state index contributed by atoms with van der Waals surface area (Å²) < 4.78 is 0. The molecule has 0 radical (unpaired) electrons. The number of nitrogens with zero attached hydrogens (tertiary/aromatic N) is 3. The van der Waals surface area contributed by atoms with E-state index >= 15 is 0 Å². The van der Waals surface area contributed by atoms with Crippen molar-refractivity contribution < 1.29 is 0 Å². The molecule has 2 aromatic rings. The highest BCUT2D eigenvalue weighted by molar-refractivity contribution is 14.0. The molecule has 0 aliphatic carbocycles. The smallest absolute Gasteiger partial charge is 0.188 e. The first-order valence-corrected chi connectivity index (χ1v) is 10.3. The van der Waals surface area contributed by atoms with Crippen molar-refractivity contribution in [2.45, 2.75) is 32.2 Å². The second-order valence-electron chi connectivity index (χ2n) is 6.97. The zero-order valence-corrected chi connectivity index (χ0v) is 19.0. The number of likely N-dealkylation sites (tertiary alicyclic amines) is 1. The highest BCUT2D eigenvalue weighted by Crippen LogP contribution is 2.29. The molecule has 0 saturated carbocycles. The summed E-state index contributed by atoms with van der Waals surface area (Å²) in [5, 5.41) is 5.36. The molecule has 3 rings (SSSR count). The Morgan fingerprint density at radius 1 is 1.33 bits per heavy atom. The maximum atomic E-state index is 6.09. The van der Waals surface area contributed by atoms with Crippen molar-refractivity contribution in [3.8, 4) is 0 Å². The van der Waals surface area contributed by atoms with E-state index in [2.05, 4.69) is 44.6 Å². The minimum absolute atomic E-state index is 0. The number of hydrogen-bond acceptors (Lipinski definition) is 4. The largest absolute Gasteiger partial charge is 0.370 e. The Morgan fingerprint density at radius 3 is 2.81 bits per heavy atom. The Morgan fingerprint density at radius 2 is 2.15 bits per heavy atom. The van der Waals surface area contributed by atoms with E-state index in [-0.39, 0.29) is 24.0 Å². The van der Waals surface area contributed by atoms with E-state index in [1.807, 2.05) is 35.7 Å². The van der Waals surface area contributed by atoms with Gasteiger partial charge in [-0.2, -0.15) is 0 Å². The molecule has 1 unspecified atom stereocenters. The molecule has 1 saturated heterocycles. The Hall–Kier alpha value is -1.19. The van der Waals surface area contributed by atoms with Crippen LogP contribution in [0.4, 0.5) is 0 Å². The summed E-state index contributed by atoms with van der Waals surface area (Å²) in [6, 6.07) is 10.6. The molecule has 27 heavy (non-hydrogen) atoms. The van der Waals surface area contributed by atoms with E-state index in [4.69, 9.17) is 5.73 Å². The van der Waals surface area contributed by atoms with Crippen LogP contribution < -0.4 is 11.1 Å². The third kappa shape index (κ3) is 7.04. The molecule has 0 spiro atoms. The summed E-state index contributed by atoms with van der Waals surface area (Å²) in [6.07, 6.45) is 5.19. The molecule has 148 valence electrons. The van der Waals surface area contributed by atoms with Crippen molar-refractivity contribution in [3.05, 3.63) is 52.5 Å². The normalized spacial score (nSPS) is 17.3. The van der Waals surface area contributed by atoms with Crippen molar-refractivity contribution >= 4 is 41.3 Å². The maximum Gasteiger partial charge on any atom is 0.188 e. The summed E-state index contributed by atoms with van der Waals surface area (Å²) >= 11 is 1.81. The number of nitrogens with one attached hydrogen (secondary N) is 1. The second-order valence-corrected chi connectivity index (χ2v) is 7.95. The summed E-state index contributed by atoms with van der Waals surface area (Å²) in [6.45, 7) is 6.09. The van der Waals surface area contributed by atoms with E-state index in [0.29, 0.717) is 18.5 Å². The average Bonchev–Trinajstić information content (AvgIpc) is 3.19. The molecule has 3 heterocycles. The summed E-state index contributed by atoms with van der Waals surface area (Å²) in [4.78, 5) is 12.9. The van der Waals surface area contributed by atoms with Crippen LogP contribution in [0.25, 0.3) is 0 Å². The number of piperidine rings is 1. The summed E-state index contributed by atoms with van der Waals surface area (Å²) in [5.74, 6) is 1.35. The van der Waals surface area contributed by atoms with Crippen LogP contribution >= 0.6 is 35.3 Å². The summed E-state index contributed by atoms with van der Waals surface area (Å²) in [5.41, 5.74) is 7.16. The first kappa shape index (κ1) is 22.1. The molecule has 0 aromatic carbocycles. The molecular weight excluding hydrogens is 469 g/mol. The molecule has 7 heteroatoms. The van der Waals surface area contributed by atoms with Crippen LogP contribution in [-0.4, -0.2) is 42.0 Å². The van der Waals surface area contributed by atoms with Gasteiger partial charge in [0, 0.05) is 29.7 Å². The van der Waals surface area contributed by atoms with Gasteiger partial charge in [0.2, 0.25) is 0 Å². The van der Waals surface area contributed by atoms with E-state index in [0.717, 1.165) is 37.7 Å². The van der Waals surface area contributed by atoms with Gasteiger partial charge in [-0.1, -0.05) is 19.1 Å². The predicted molar refractivity (Wildman–Crippen MR) is 125 cm³/mol. The van der Waals surface area contributed by atoms with Crippen molar-refractivity contribution in [2.75, 3.05) is 26.2 Å². The lowest BCUT2D eigenvalue weighted by Gasteiger charge is -2.35. The topological polar surface area (TPSA) is 66.5 Å². The monoisotopic (exact) mass is 499 g/mol. The number of hydrogen-bond donors (Lipinski definition) is 2. The molecule has 1 aliphatic rings. The molecule has 5 nitrogen and oxygen atoms in total. The zero-order chi connectivity index (χ0) is 18.2.